The highest BCUT2D eigenvalue weighted by molar-refractivity contribution is 6.36. The Bertz CT molecular complexity index is 1080. The molecule has 0 saturated heterocycles. The first-order valence-corrected chi connectivity index (χ1v) is 11.3. The lowest BCUT2D eigenvalue weighted by Gasteiger charge is -2.29. The van der Waals surface area contributed by atoms with Gasteiger partial charge >= 0.3 is 0 Å². The molecule has 0 aliphatic heterocycles. The molecular formula is C25H26Cl2N2O3. The van der Waals surface area contributed by atoms with Gasteiger partial charge in [-0.1, -0.05) is 72.6 Å². The average Bonchev–Trinajstić information content (AvgIpc) is 2.80. The van der Waals surface area contributed by atoms with Gasteiger partial charge in [0, 0.05) is 34.1 Å². The minimum Gasteiger partial charge on any atom is -0.483 e. The Balaban J connectivity index is 1.82. The molecule has 3 rings (SSSR count). The molecule has 0 spiro atoms. The molecule has 0 heterocycles. The fourth-order valence-corrected chi connectivity index (χ4v) is 3.89. The maximum atomic E-state index is 13.2. The maximum absolute atomic E-state index is 13.2. The summed E-state index contributed by atoms with van der Waals surface area (Å²) in [6.07, 6.45) is 0.799. The largest absolute Gasteiger partial charge is 0.483 e. The topological polar surface area (TPSA) is 58.6 Å². The smallest absolute Gasteiger partial charge is 0.261 e. The van der Waals surface area contributed by atoms with Crippen LogP contribution in [0.2, 0.25) is 10.0 Å². The molecule has 0 aliphatic rings. The molecule has 7 heteroatoms. The predicted octanol–water partition coefficient (Wildman–Crippen LogP) is 5.47. The van der Waals surface area contributed by atoms with E-state index in [1.54, 1.807) is 25.1 Å². The number of amides is 2. The van der Waals surface area contributed by atoms with Gasteiger partial charge in [-0.25, -0.2) is 0 Å². The van der Waals surface area contributed by atoms with Gasteiger partial charge in [0.2, 0.25) is 5.91 Å². The number of carbonyl (C=O) groups is 2. The van der Waals surface area contributed by atoms with Crippen LogP contribution >= 0.6 is 23.2 Å². The summed E-state index contributed by atoms with van der Waals surface area (Å²) in [5, 5.41) is 5.65. The van der Waals surface area contributed by atoms with E-state index >= 15 is 0 Å². The molecule has 1 N–H and O–H groups in total. The van der Waals surface area contributed by atoms with Crippen LogP contribution in [-0.2, 0) is 16.1 Å². The highest BCUT2D eigenvalue weighted by Gasteiger charge is 2.27. The number of hydrogen-bond acceptors (Lipinski definition) is 3. The minimum absolute atomic E-state index is 0.0942. The average molecular weight is 473 g/mol. The second-order valence-electron chi connectivity index (χ2n) is 7.45. The molecule has 0 aromatic heterocycles. The van der Waals surface area contributed by atoms with Gasteiger partial charge in [0.15, 0.2) is 6.61 Å². The fraction of sp³-hybridized carbons (Fsp3) is 0.280. The number of rotatable bonds is 9. The molecule has 1 atom stereocenters. The van der Waals surface area contributed by atoms with Gasteiger partial charge in [0.1, 0.15) is 11.8 Å². The van der Waals surface area contributed by atoms with Crippen molar-refractivity contribution in [2.75, 3.05) is 13.2 Å². The molecule has 0 saturated carbocycles. The minimum atomic E-state index is -0.725. The van der Waals surface area contributed by atoms with Gasteiger partial charge in [-0.3, -0.25) is 9.59 Å². The van der Waals surface area contributed by atoms with Gasteiger partial charge < -0.3 is 15.0 Å². The number of hydrogen-bond donors (Lipinski definition) is 1. The fourth-order valence-electron chi connectivity index (χ4n) is 3.38. The van der Waals surface area contributed by atoms with Crippen LogP contribution in [0.3, 0.4) is 0 Å². The van der Waals surface area contributed by atoms with E-state index in [0.717, 1.165) is 17.2 Å². The number of nitrogens with zero attached hydrogens (tertiary/aromatic N) is 1. The molecule has 5 nitrogen and oxygen atoms in total. The third kappa shape index (κ3) is 5.72. The Morgan fingerprint density at radius 1 is 1.00 bits per heavy atom. The quantitative estimate of drug-likeness (QED) is 0.449. The number of benzene rings is 3. The molecule has 3 aromatic carbocycles. The first-order chi connectivity index (χ1) is 15.4. The number of fused-ring (bicyclic) bond motifs is 1. The molecule has 32 heavy (non-hydrogen) atoms. The van der Waals surface area contributed by atoms with Gasteiger partial charge in [-0.05, 0) is 36.9 Å². The molecule has 168 valence electrons. The zero-order chi connectivity index (χ0) is 23.1. The third-order valence-corrected chi connectivity index (χ3v) is 5.92. The number of ether oxygens (including phenoxy) is 1. The highest BCUT2D eigenvalue weighted by atomic mass is 35.5. The van der Waals surface area contributed by atoms with E-state index in [2.05, 4.69) is 5.32 Å². The van der Waals surface area contributed by atoms with Crippen LogP contribution in [0.1, 0.15) is 25.8 Å². The van der Waals surface area contributed by atoms with Crippen molar-refractivity contribution in [3.8, 4) is 5.75 Å². The molecule has 0 bridgehead atoms. The van der Waals surface area contributed by atoms with E-state index < -0.39 is 6.04 Å². The van der Waals surface area contributed by atoms with Gasteiger partial charge in [-0.15, -0.1) is 0 Å². The van der Waals surface area contributed by atoms with Crippen molar-refractivity contribution >= 4 is 45.8 Å². The standard InChI is InChI=1S/C25H26Cl2N2O3/c1-3-14-28-25(31)17(2)29(15-20-21(26)11-7-12-22(20)27)24(30)16-32-23-13-6-9-18-8-4-5-10-19(18)23/h4-13,17H,3,14-16H2,1-2H3,(H,28,31)/t17-/m0/s1. The van der Waals surface area contributed by atoms with E-state index in [1.807, 2.05) is 49.4 Å². The van der Waals surface area contributed by atoms with Crippen molar-refractivity contribution in [1.29, 1.82) is 0 Å². The zero-order valence-corrected chi connectivity index (χ0v) is 19.6. The summed E-state index contributed by atoms with van der Waals surface area (Å²) < 4.78 is 5.88. The predicted molar refractivity (Wildman–Crippen MR) is 129 cm³/mol. The van der Waals surface area contributed by atoms with E-state index in [1.165, 1.54) is 4.90 Å². The lowest BCUT2D eigenvalue weighted by molar-refractivity contribution is -0.142. The Kier molecular flexibility index (Phi) is 8.37. The number of nitrogens with one attached hydrogen (secondary N) is 1. The summed E-state index contributed by atoms with van der Waals surface area (Å²) in [7, 11) is 0. The SMILES string of the molecule is CCCNC(=O)[C@H](C)N(Cc1c(Cl)cccc1Cl)C(=O)COc1cccc2ccccc12. The Morgan fingerprint density at radius 3 is 2.38 bits per heavy atom. The van der Waals surface area contributed by atoms with Crippen molar-refractivity contribution in [3.63, 3.8) is 0 Å². The second-order valence-corrected chi connectivity index (χ2v) is 8.27. The van der Waals surface area contributed by atoms with Gasteiger partial charge in [-0.2, -0.15) is 0 Å². The van der Waals surface area contributed by atoms with Crippen molar-refractivity contribution in [2.24, 2.45) is 0 Å². The number of carbonyl (C=O) groups excluding carboxylic acids is 2. The third-order valence-electron chi connectivity index (χ3n) is 5.21. The first kappa shape index (κ1) is 23.9. The lowest BCUT2D eigenvalue weighted by atomic mass is 10.1. The molecule has 3 aromatic rings. The summed E-state index contributed by atoms with van der Waals surface area (Å²) in [5.74, 6) is 0.0249. The van der Waals surface area contributed by atoms with E-state index in [-0.39, 0.29) is 25.0 Å². The molecular weight excluding hydrogens is 447 g/mol. The van der Waals surface area contributed by atoms with Crippen molar-refractivity contribution < 1.29 is 14.3 Å². The summed E-state index contributed by atoms with van der Waals surface area (Å²) >= 11 is 12.7. The van der Waals surface area contributed by atoms with Crippen LogP contribution in [0.25, 0.3) is 10.8 Å². The van der Waals surface area contributed by atoms with Crippen LogP contribution in [0.5, 0.6) is 5.75 Å². The molecule has 0 radical (unpaired) electrons. The molecule has 0 fully saturated rings. The monoisotopic (exact) mass is 472 g/mol. The van der Waals surface area contributed by atoms with Gasteiger partial charge in [0.25, 0.3) is 5.91 Å². The summed E-state index contributed by atoms with van der Waals surface area (Å²) in [4.78, 5) is 27.3. The second kappa shape index (κ2) is 11.2. The van der Waals surface area contributed by atoms with E-state index in [0.29, 0.717) is 27.9 Å². The van der Waals surface area contributed by atoms with Crippen LogP contribution in [0.15, 0.2) is 60.7 Å². The van der Waals surface area contributed by atoms with Crippen LogP contribution in [0.4, 0.5) is 0 Å². The summed E-state index contributed by atoms with van der Waals surface area (Å²) in [5.41, 5.74) is 0.587. The number of halogens is 2. The summed E-state index contributed by atoms with van der Waals surface area (Å²) in [6.45, 7) is 4.06. The van der Waals surface area contributed by atoms with Crippen LogP contribution in [0, 0.1) is 0 Å². The van der Waals surface area contributed by atoms with E-state index in [4.69, 9.17) is 27.9 Å². The molecule has 0 unspecified atom stereocenters. The Hall–Kier alpha value is -2.76. The Labute approximate surface area is 198 Å². The normalized spacial score (nSPS) is 11.8. The Morgan fingerprint density at radius 2 is 1.66 bits per heavy atom. The van der Waals surface area contributed by atoms with Crippen molar-refractivity contribution in [2.45, 2.75) is 32.9 Å². The molecule has 0 aliphatic carbocycles. The van der Waals surface area contributed by atoms with E-state index in [9.17, 15) is 9.59 Å². The lowest BCUT2D eigenvalue weighted by Crippen LogP contribution is -2.49. The van der Waals surface area contributed by atoms with Gasteiger partial charge in [0.05, 0.1) is 0 Å². The highest BCUT2D eigenvalue weighted by Crippen LogP contribution is 2.28. The summed E-state index contributed by atoms with van der Waals surface area (Å²) in [6, 6.07) is 17.9. The first-order valence-electron chi connectivity index (χ1n) is 10.5. The van der Waals surface area contributed by atoms with Crippen molar-refractivity contribution in [1.82, 2.24) is 10.2 Å². The zero-order valence-electron chi connectivity index (χ0n) is 18.1. The van der Waals surface area contributed by atoms with Crippen LogP contribution < -0.4 is 10.1 Å². The van der Waals surface area contributed by atoms with Crippen LogP contribution in [-0.4, -0.2) is 35.9 Å². The maximum Gasteiger partial charge on any atom is 0.261 e. The van der Waals surface area contributed by atoms with Crippen molar-refractivity contribution in [3.05, 3.63) is 76.3 Å². The molecule has 2 amide bonds.